The molecule has 5 heteroatoms. The van der Waals surface area contributed by atoms with Gasteiger partial charge in [-0.15, -0.1) is 0 Å². The van der Waals surface area contributed by atoms with Crippen molar-refractivity contribution in [2.75, 3.05) is 4.90 Å². The highest BCUT2D eigenvalue weighted by molar-refractivity contribution is 6.90. The zero-order valence-corrected chi connectivity index (χ0v) is 35.9. The number of hydrogen-bond acceptors (Lipinski definition) is 2. The van der Waals surface area contributed by atoms with Crippen molar-refractivity contribution in [3.63, 3.8) is 0 Å². The van der Waals surface area contributed by atoms with Crippen molar-refractivity contribution in [1.29, 1.82) is 0 Å². The maximum Gasteiger partial charge on any atom is 0.333 e. The van der Waals surface area contributed by atoms with Gasteiger partial charge in [-0.25, -0.2) is 0 Å². The normalized spacial score (nSPS) is 15.4. The molecular formula is C58H44BN3O. The van der Waals surface area contributed by atoms with Gasteiger partial charge in [0.25, 0.3) is 0 Å². The van der Waals surface area contributed by atoms with E-state index in [0.717, 1.165) is 46.5 Å². The summed E-state index contributed by atoms with van der Waals surface area (Å²) in [6.07, 6.45) is 2.30. The van der Waals surface area contributed by atoms with Crippen molar-refractivity contribution in [2.45, 2.75) is 51.4 Å². The van der Waals surface area contributed by atoms with Crippen LogP contribution < -0.4 is 15.8 Å². The molecule has 0 N–H and O–H groups in total. The Morgan fingerprint density at radius 3 is 1.94 bits per heavy atom. The van der Waals surface area contributed by atoms with Gasteiger partial charge in [0.1, 0.15) is 11.3 Å². The summed E-state index contributed by atoms with van der Waals surface area (Å²) in [5.41, 5.74) is 19.9. The highest BCUT2D eigenvalue weighted by atomic mass is 16.3. The van der Waals surface area contributed by atoms with Crippen LogP contribution in [0.25, 0.3) is 82.7 Å². The van der Waals surface area contributed by atoms with E-state index in [1.165, 1.54) is 88.2 Å². The van der Waals surface area contributed by atoms with Gasteiger partial charge >= 0.3 is 6.85 Å². The Morgan fingerprint density at radius 1 is 0.556 bits per heavy atom. The van der Waals surface area contributed by atoms with Crippen LogP contribution in [0.1, 0.15) is 51.7 Å². The predicted molar refractivity (Wildman–Crippen MR) is 265 cm³/mol. The summed E-state index contributed by atoms with van der Waals surface area (Å²) >= 11 is 0. The Balaban J connectivity index is 1.22. The fraction of sp³-hybridized carbons (Fsp3) is 0.138. The van der Waals surface area contributed by atoms with Gasteiger partial charge in [-0.05, 0) is 106 Å². The minimum absolute atomic E-state index is 0.0301. The Hall–Kier alpha value is -7.24. The molecule has 5 heterocycles. The summed E-state index contributed by atoms with van der Waals surface area (Å²) in [5, 5.41) is 6.27. The zero-order chi connectivity index (χ0) is 41.9. The Bertz CT molecular complexity index is 3700. The third-order valence-corrected chi connectivity index (χ3v) is 15.1. The third kappa shape index (κ3) is 4.67. The predicted octanol–water partition coefficient (Wildman–Crippen LogP) is 14.1. The van der Waals surface area contributed by atoms with Crippen molar-refractivity contribution < 1.29 is 4.42 Å². The molecule has 63 heavy (non-hydrogen) atoms. The molecular weight excluding hydrogens is 765 g/mol. The molecule has 0 saturated carbocycles. The minimum atomic E-state index is -0.0791. The lowest BCUT2D eigenvalue weighted by atomic mass is 9.45. The fourth-order valence-corrected chi connectivity index (χ4v) is 12.0. The van der Waals surface area contributed by atoms with E-state index in [1.807, 2.05) is 0 Å². The number of furan rings is 1. The van der Waals surface area contributed by atoms with Crippen LogP contribution in [0.4, 0.5) is 17.1 Å². The number of para-hydroxylation sites is 4. The average Bonchev–Trinajstić information content (AvgIpc) is 4.00. The topological polar surface area (TPSA) is 26.2 Å². The highest BCUT2D eigenvalue weighted by Gasteiger charge is 2.44. The molecule has 3 aliphatic rings. The van der Waals surface area contributed by atoms with Gasteiger partial charge in [-0.2, -0.15) is 0 Å². The standard InChI is InChI=1S/C58H44BN3O/c1-57(2)27-28-58(3,4)45-33-48-43(31-44(45)57)53-50(60(37-19-10-6-11-20-37)38-21-12-7-13-22-38)32-42-41-25-16-24-40-39-23-14-15-26-47(39)62(55(40)41)59-46-29-36-30-51(35-17-8-5-9-18-35)63-52(36)34-49(46)61(48)56(53)54(42)59/h5-26,29-34H,27-28H2,1-4H3. The van der Waals surface area contributed by atoms with E-state index in [2.05, 4.69) is 211 Å². The molecule has 0 atom stereocenters. The summed E-state index contributed by atoms with van der Waals surface area (Å²) in [6.45, 7) is 9.73. The molecule has 14 rings (SSSR count). The van der Waals surface area contributed by atoms with E-state index in [-0.39, 0.29) is 17.7 Å². The second kappa shape index (κ2) is 12.2. The second-order valence-corrected chi connectivity index (χ2v) is 19.5. The number of rotatable bonds is 4. The summed E-state index contributed by atoms with van der Waals surface area (Å²) in [4.78, 5) is 2.50. The summed E-state index contributed by atoms with van der Waals surface area (Å²) in [6, 6.07) is 63.2. The first kappa shape index (κ1) is 35.4. The summed E-state index contributed by atoms with van der Waals surface area (Å²) in [7, 11) is 0. The maximum absolute atomic E-state index is 6.87. The van der Waals surface area contributed by atoms with Crippen LogP contribution in [0.3, 0.4) is 0 Å². The van der Waals surface area contributed by atoms with Crippen LogP contribution in [0, 0.1) is 0 Å². The van der Waals surface area contributed by atoms with E-state index in [0.29, 0.717) is 0 Å². The molecule has 0 radical (unpaired) electrons. The first-order valence-corrected chi connectivity index (χ1v) is 22.5. The number of aromatic nitrogens is 2. The minimum Gasteiger partial charge on any atom is -0.456 e. The van der Waals surface area contributed by atoms with Crippen LogP contribution in [0.5, 0.6) is 0 Å². The summed E-state index contributed by atoms with van der Waals surface area (Å²) in [5.74, 6) is 0.887. The monoisotopic (exact) mass is 809 g/mol. The van der Waals surface area contributed by atoms with Crippen LogP contribution in [0.2, 0.25) is 0 Å². The van der Waals surface area contributed by atoms with E-state index in [4.69, 9.17) is 4.42 Å². The zero-order valence-electron chi connectivity index (χ0n) is 35.9. The lowest BCUT2D eigenvalue weighted by Crippen LogP contribution is -2.55. The number of nitrogens with zero attached hydrogens (tertiary/aromatic N) is 3. The first-order chi connectivity index (χ1) is 30.7. The van der Waals surface area contributed by atoms with Crippen molar-refractivity contribution in [3.8, 4) is 28.1 Å². The molecule has 0 fully saturated rings. The van der Waals surface area contributed by atoms with E-state index >= 15 is 0 Å². The SMILES string of the molecule is CC1(C)CCC(C)(C)c2cc3c(cc21)c1c(N(c2ccccc2)c2ccccc2)cc2c4c1n3-c1cc3oc(-c5ccccc5)cc3cc1B4n1c3ccccc3c3cccc-2c31. The molecule has 2 aliphatic heterocycles. The number of benzene rings is 8. The highest BCUT2D eigenvalue weighted by Crippen LogP contribution is 2.53. The molecule has 0 saturated heterocycles. The molecule has 11 aromatic rings. The second-order valence-electron chi connectivity index (χ2n) is 19.5. The van der Waals surface area contributed by atoms with Gasteiger partial charge in [0.15, 0.2) is 0 Å². The number of anilines is 3. The Labute approximate surface area is 366 Å². The molecule has 8 aromatic carbocycles. The molecule has 4 nitrogen and oxygen atoms in total. The largest absolute Gasteiger partial charge is 0.456 e. The van der Waals surface area contributed by atoms with Crippen LogP contribution in [-0.4, -0.2) is 15.9 Å². The Morgan fingerprint density at radius 2 is 1.21 bits per heavy atom. The molecule has 0 bridgehead atoms. The average molecular weight is 810 g/mol. The quantitative estimate of drug-likeness (QED) is 0.166. The van der Waals surface area contributed by atoms with Gasteiger partial charge in [-0.1, -0.05) is 137 Å². The van der Waals surface area contributed by atoms with Crippen molar-refractivity contribution in [1.82, 2.24) is 9.05 Å². The lowest BCUT2D eigenvalue weighted by Gasteiger charge is -2.42. The maximum atomic E-state index is 6.87. The van der Waals surface area contributed by atoms with Gasteiger partial charge in [-0.3, -0.25) is 0 Å². The van der Waals surface area contributed by atoms with E-state index in [1.54, 1.807) is 0 Å². The molecule has 300 valence electrons. The molecule has 3 aromatic heterocycles. The van der Waals surface area contributed by atoms with Crippen molar-refractivity contribution in [3.05, 3.63) is 181 Å². The molecule has 0 amide bonds. The molecule has 1 aliphatic carbocycles. The molecule has 0 unspecified atom stereocenters. The third-order valence-electron chi connectivity index (χ3n) is 15.1. The fourth-order valence-electron chi connectivity index (χ4n) is 12.0. The van der Waals surface area contributed by atoms with E-state index in [9.17, 15) is 0 Å². The van der Waals surface area contributed by atoms with Gasteiger partial charge in [0, 0.05) is 72.2 Å². The van der Waals surface area contributed by atoms with Crippen molar-refractivity contribution in [2.24, 2.45) is 0 Å². The van der Waals surface area contributed by atoms with Gasteiger partial charge in [0.05, 0.1) is 16.7 Å². The lowest BCUT2D eigenvalue weighted by molar-refractivity contribution is 0.332. The van der Waals surface area contributed by atoms with Gasteiger partial charge < -0.3 is 18.4 Å². The van der Waals surface area contributed by atoms with Crippen molar-refractivity contribution >= 4 is 89.4 Å². The number of hydrogen-bond donors (Lipinski definition) is 0. The Kier molecular flexibility index (Phi) is 6.87. The van der Waals surface area contributed by atoms with Crippen LogP contribution in [-0.2, 0) is 10.8 Å². The molecule has 0 spiro atoms. The number of fused-ring (bicyclic) bond motifs is 13. The van der Waals surface area contributed by atoms with Crippen LogP contribution >= 0.6 is 0 Å². The first-order valence-electron chi connectivity index (χ1n) is 22.5. The van der Waals surface area contributed by atoms with E-state index < -0.39 is 0 Å². The summed E-state index contributed by atoms with van der Waals surface area (Å²) < 4.78 is 12.2. The smallest absolute Gasteiger partial charge is 0.333 e. The van der Waals surface area contributed by atoms with Gasteiger partial charge in [0.2, 0.25) is 0 Å². The van der Waals surface area contributed by atoms with Crippen LogP contribution in [0.15, 0.2) is 174 Å².